The Morgan fingerprint density at radius 1 is 1.05 bits per heavy atom. The fourth-order valence-electron chi connectivity index (χ4n) is 2.89. The van der Waals surface area contributed by atoms with Gasteiger partial charge in [0.1, 0.15) is 0 Å². The molecule has 0 saturated heterocycles. The highest BCUT2D eigenvalue weighted by Gasteiger charge is 2.30. The van der Waals surface area contributed by atoms with Gasteiger partial charge in [0, 0.05) is 4.91 Å². The Hall–Kier alpha value is -1.09. The monoisotopic (exact) mass is 294 g/mol. The summed E-state index contributed by atoms with van der Waals surface area (Å²) in [5.41, 5.74) is 0.0808. The Labute approximate surface area is 123 Å². The first-order valence-electron chi connectivity index (χ1n) is 6.92. The predicted octanol–water partition coefficient (Wildman–Crippen LogP) is 4.83. The van der Waals surface area contributed by atoms with Gasteiger partial charge in [-0.05, 0) is 35.8 Å². The topological polar surface area (TPSA) is 34.1 Å². The number of hydrogen-bond donors (Lipinski definition) is 0. The quantitative estimate of drug-likeness (QED) is 0.779. The second-order valence-corrected chi connectivity index (χ2v) is 9.49. The molecule has 0 spiro atoms. The van der Waals surface area contributed by atoms with Crippen LogP contribution in [0.25, 0.3) is 0 Å². The zero-order chi connectivity index (χ0) is 15.6. The molecule has 0 aromatic heterocycles. The van der Waals surface area contributed by atoms with E-state index in [2.05, 4.69) is 41.2 Å². The van der Waals surface area contributed by atoms with Gasteiger partial charge in [0.15, 0.2) is 0 Å². The van der Waals surface area contributed by atoms with Gasteiger partial charge in [-0.3, -0.25) is 0 Å². The van der Waals surface area contributed by atoms with Crippen molar-refractivity contribution in [3.8, 4) is 0 Å². The van der Waals surface area contributed by atoms with E-state index >= 15 is 0 Å². The molecule has 0 heterocycles. The van der Waals surface area contributed by atoms with Gasteiger partial charge in [0.2, 0.25) is 9.84 Å². The highest BCUT2D eigenvalue weighted by Crippen LogP contribution is 2.39. The van der Waals surface area contributed by atoms with E-state index in [9.17, 15) is 8.42 Å². The van der Waals surface area contributed by atoms with Crippen LogP contribution in [0.5, 0.6) is 0 Å². The molecule has 0 aliphatic carbocycles. The molecule has 0 aliphatic heterocycles. The molecule has 0 bridgehead atoms. The summed E-state index contributed by atoms with van der Waals surface area (Å²) < 4.78 is 25.0. The average molecular weight is 294 g/mol. The largest absolute Gasteiger partial charge is 0.219 e. The van der Waals surface area contributed by atoms with Crippen molar-refractivity contribution >= 4 is 9.84 Å². The fraction of sp³-hybridized carbons (Fsp3) is 0.529. The van der Waals surface area contributed by atoms with Crippen molar-refractivity contribution in [3.05, 3.63) is 41.8 Å². The van der Waals surface area contributed by atoms with E-state index in [0.717, 1.165) is 6.42 Å². The van der Waals surface area contributed by atoms with Gasteiger partial charge in [0.05, 0.1) is 4.90 Å². The molecule has 0 aliphatic rings. The van der Waals surface area contributed by atoms with Crippen molar-refractivity contribution < 1.29 is 8.42 Å². The summed E-state index contributed by atoms with van der Waals surface area (Å²) >= 11 is 0. The van der Waals surface area contributed by atoms with E-state index in [4.69, 9.17) is 0 Å². The lowest BCUT2D eigenvalue weighted by molar-refractivity contribution is 0.213. The number of sulfone groups is 1. The van der Waals surface area contributed by atoms with E-state index in [0.29, 0.717) is 16.2 Å². The lowest BCUT2D eigenvalue weighted by Gasteiger charge is -2.32. The molecule has 1 rings (SSSR count). The number of rotatable bonds is 5. The molecule has 0 fully saturated rings. The SMILES string of the molecule is C=C(CC(C)(C)CC(C)(C)C)S(=O)(=O)c1ccccc1. The summed E-state index contributed by atoms with van der Waals surface area (Å²) in [4.78, 5) is 0.634. The third-order valence-corrected chi connectivity index (χ3v) is 4.92. The molecule has 0 atom stereocenters. The predicted molar refractivity (Wildman–Crippen MR) is 85.2 cm³/mol. The average Bonchev–Trinajstić information content (AvgIpc) is 2.26. The zero-order valence-corrected chi connectivity index (χ0v) is 14.0. The summed E-state index contributed by atoms with van der Waals surface area (Å²) in [6.07, 6.45) is 1.44. The van der Waals surface area contributed by atoms with Crippen molar-refractivity contribution in [2.45, 2.75) is 52.4 Å². The van der Waals surface area contributed by atoms with Crippen LogP contribution in [0.4, 0.5) is 0 Å². The van der Waals surface area contributed by atoms with Crippen LogP contribution in [0.15, 0.2) is 46.7 Å². The van der Waals surface area contributed by atoms with Crippen LogP contribution in [0, 0.1) is 10.8 Å². The Balaban J connectivity index is 2.92. The first-order chi connectivity index (χ1) is 8.94. The minimum Gasteiger partial charge on any atom is -0.219 e. The van der Waals surface area contributed by atoms with E-state index in [-0.39, 0.29) is 10.8 Å². The summed E-state index contributed by atoms with van der Waals surface area (Å²) in [7, 11) is -3.42. The van der Waals surface area contributed by atoms with Gasteiger partial charge >= 0.3 is 0 Å². The van der Waals surface area contributed by atoms with Crippen molar-refractivity contribution in [3.63, 3.8) is 0 Å². The fourth-order valence-corrected chi connectivity index (χ4v) is 4.32. The van der Waals surface area contributed by atoms with Gasteiger partial charge < -0.3 is 0 Å². The second kappa shape index (κ2) is 5.72. The van der Waals surface area contributed by atoms with Gasteiger partial charge in [0.25, 0.3) is 0 Å². The van der Waals surface area contributed by atoms with Crippen LogP contribution in [-0.4, -0.2) is 8.42 Å². The smallest absolute Gasteiger partial charge is 0.202 e. The lowest BCUT2D eigenvalue weighted by Crippen LogP contribution is -2.22. The first kappa shape index (κ1) is 17.0. The van der Waals surface area contributed by atoms with Crippen LogP contribution >= 0.6 is 0 Å². The molecule has 20 heavy (non-hydrogen) atoms. The molecule has 112 valence electrons. The first-order valence-corrected chi connectivity index (χ1v) is 8.40. The molecule has 0 radical (unpaired) electrons. The van der Waals surface area contributed by atoms with Gasteiger partial charge in [-0.25, -0.2) is 8.42 Å². The molecule has 0 unspecified atom stereocenters. The Kier molecular flexibility index (Phi) is 4.86. The second-order valence-electron chi connectivity index (χ2n) is 7.43. The van der Waals surface area contributed by atoms with Crippen molar-refractivity contribution in [1.82, 2.24) is 0 Å². The minimum absolute atomic E-state index is 0.0861. The maximum Gasteiger partial charge on any atom is 0.202 e. The van der Waals surface area contributed by atoms with E-state index in [1.54, 1.807) is 24.3 Å². The van der Waals surface area contributed by atoms with Crippen molar-refractivity contribution in [2.75, 3.05) is 0 Å². The van der Waals surface area contributed by atoms with Crippen molar-refractivity contribution in [1.29, 1.82) is 0 Å². The molecule has 1 aromatic carbocycles. The molecular weight excluding hydrogens is 268 g/mol. The van der Waals surface area contributed by atoms with Gasteiger partial charge in [-0.15, -0.1) is 0 Å². The Bertz CT molecular complexity index is 561. The molecule has 0 N–H and O–H groups in total. The summed E-state index contributed by atoms with van der Waals surface area (Å²) in [5.74, 6) is 0. The van der Waals surface area contributed by atoms with Crippen LogP contribution in [-0.2, 0) is 9.84 Å². The summed E-state index contributed by atoms with van der Waals surface area (Å²) in [5, 5.41) is 0. The standard InChI is InChI=1S/C17H26O2S/c1-14(12-17(5,6)13-16(2,3)4)20(18,19)15-10-8-7-9-11-15/h7-11H,1,12-13H2,2-6H3. The van der Waals surface area contributed by atoms with Crippen LogP contribution in [0.3, 0.4) is 0 Å². The van der Waals surface area contributed by atoms with E-state index in [1.807, 2.05) is 6.07 Å². The third-order valence-electron chi connectivity index (χ3n) is 3.12. The summed E-state index contributed by atoms with van der Waals surface area (Å²) in [6.45, 7) is 14.5. The highest BCUT2D eigenvalue weighted by atomic mass is 32.2. The zero-order valence-electron chi connectivity index (χ0n) is 13.2. The minimum atomic E-state index is -3.42. The van der Waals surface area contributed by atoms with Crippen LogP contribution in [0.1, 0.15) is 47.5 Å². The van der Waals surface area contributed by atoms with E-state index in [1.165, 1.54) is 0 Å². The molecular formula is C17H26O2S. The molecule has 1 aromatic rings. The normalized spacial score (nSPS) is 13.2. The van der Waals surface area contributed by atoms with Crippen LogP contribution in [0.2, 0.25) is 0 Å². The van der Waals surface area contributed by atoms with Gasteiger partial charge in [-0.1, -0.05) is 59.4 Å². The van der Waals surface area contributed by atoms with Crippen LogP contribution < -0.4 is 0 Å². The van der Waals surface area contributed by atoms with E-state index < -0.39 is 9.84 Å². The molecule has 0 saturated carbocycles. The molecule has 3 heteroatoms. The van der Waals surface area contributed by atoms with Gasteiger partial charge in [-0.2, -0.15) is 0 Å². The van der Waals surface area contributed by atoms with Crippen molar-refractivity contribution in [2.24, 2.45) is 10.8 Å². The maximum atomic E-state index is 12.5. The third kappa shape index (κ3) is 4.78. The Morgan fingerprint density at radius 3 is 2.00 bits per heavy atom. The highest BCUT2D eigenvalue weighted by molar-refractivity contribution is 7.95. The summed E-state index contributed by atoms with van der Waals surface area (Å²) in [6, 6.07) is 8.53. The maximum absolute atomic E-state index is 12.5. The molecule has 0 amide bonds. The number of hydrogen-bond acceptors (Lipinski definition) is 2. The number of allylic oxidation sites excluding steroid dienone is 1. The Morgan fingerprint density at radius 2 is 1.55 bits per heavy atom. The lowest BCUT2D eigenvalue weighted by atomic mass is 9.74. The molecule has 2 nitrogen and oxygen atoms in total. The number of benzene rings is 1.